The van der Waals surface area contributed by atoms with E-state index in [0.29, 0.717) is 0 Å². The molecule has 1 aliphatic rings. The van der Waals surface area contributed by atoms with Gasteiger partial charge in [-0.25, -0.2) is 14.0 Å². The molecule has 15 heavy (non-hydrogen) atoms. The summed E-state index contributed by atoms with van der Waals surface area (Å²) in [5.74, 6) is -1.54. The molecule has 0 bridgehead atoms. The SMILES string of the molecule is CC(C)(C)OC(=O)N1CC(F)(C(=O)O)C1. The molecule has 0 atom stereocenters. The lowest BCUT2D eigenvalue weighted by Crippen LogP contribution is -2.65. The van der Waals surface area contributed by atoms with Gasteiger partial charge in [0.25, 0.3) is 0 Å². The maximum atomic E-state index is 13.2. The molecule has 1 heterocycles. The monoisotopic (exact) mass is 219 g/mol. The molecule has 0 aromatic heterocycles. The number of nitrogens with zero attached hydrogens (tertiary/aromatic N) is 1. The normalized spacial score (nSPS) is 19.3. The van der Waals surface area contributed by atoms with Crippen LogP contribution in [0.5, 0.6) is 0 Å². The van der Waals surface area contributed by atoms with E-state index >= 15 is 0 Å². The number of likely N-dealkylation sites (tertiary alicyclic amines) is 1. The van der Waals surface area contributed by atoms with Crippen LogP contribution in [0, 0.1) is 0 Å². The summed E-state index contributed by atoms with van der Waals surface area (Å²) in [5, 5.41) is 8.47. The molecular weight excluding hydrogens is 205 g/mol. The summed E-state index contributed by atoms with van der Waals surface area (Å²) >= 11 is 0. The van der Waals surface area contributed by atoms with Crippen molar-refractivity contribution in [2.75, 3.05) is 13.1 Å². The van der Waals surface area contributed by atoms with Gasteiger partial charge in [-0.15, -0.1) is 0 Å². The first-order valence-corrected chi connectivity index (χ1v) is 4.54. The van der Waals surface area contributed by atoms with Gasteiger partial charge in [0.05, 0.1) is 13.1 Å². The molecule has 1 rings (SSSR count). The molecule has 0 aliphatic carbocycles. The molecular formula is C9H14FNO4. The number of hydrogen-bond acceptors (Lipinski definition) is 3. The lowest BCUT2D eigenvalue weighted by Gasteiger charge is -2.41. The first kappa shape index (κ1) is 11.7. The molecule has 1 aliphatic heterocycles. The van der Waals surface area contributed by atoms with Crippen LogP contribution in [-0.4, -0.2) is 46.4 Å². The van der Waals surface area contributed by atoms with Crippen molar-refractivity contribution in [1.29, 1.82) is 0 Å². The van der Waals surface area contributed by atoms with E-state index in [-0.39, 0.29) is 0 Å². The number of amides is 1. The number of carbonyl (C=O) groups is 2. The molecule has 1 amide bonds. The van der Waals surface area contributed by atoms with Gasteiger partial charge in [0.2, 0.25) is 5.67 Å². The third kappa shape index (κ3) is 2.57. The molecule has 0 unspecified atom stereocenters. The lowest BCUT2D eigenvalue weighted by atomic mass is 9.97. The van der Waals surface area contributed by atoms with Gasteiger partial charge in [0.15, 0.2) is 0 Å². The smallest absolute Gasteiger partial charge is 0.410 e. The minimum absolute atomic E-state index is 0.447. The molecule has 0 radical (unpaired) electrons. The second kappa shape index (κ2) is 3.36. The number of carboxylic acid groups (broad SMARTS) is 1. The van der Waals surface area contributed by atoms with Crippen LogP contribution in [0.2, 0.25) is 0 Å². The molecule has 1 N–H and O–H groups in total. The molecule has 6 heteroatoms. The van der Waals surface area contributed by atoms with Crippen LogP contribution in [0.3, 0.4) is 0 Å². The average molecular weight is 219 g/mol. The molecule has 5 nitrogen and oxygen atoms in total. The Hall–Kier alpha value is -1.33. The van der Waals surface area contributed by atoms with Gasteiger partial charge in [-0.1, -0.05) is 0 Å². The zero-order valence-corrected chi connectivity index (χ0v) is 8.91. The summed E-state index contributed by atoms with van der Waals surface area (Å²) in [5.41, 5.74) is -2.97. The van der Waals surface area contributed by atoms with Crippen molar-refractivity contribution < 1.29 is 23.8 Å². The van der Waals surface area contributed by atoms with Crippen molar-refractivity contribution in [1.82, 2.24) is 4.90 Å². The van der Waals surface area contributed by atoms with Crippen molar-refractivity contribution in [3.63, 3.8) is 0 Å². The summed E-state index contributed by atoms with van der Waals surface area (Å²) in [4.78, 5) is 22.7. The summed E-state index contributed by atoms with van der Waals surface area (Å²) in [6.45, 7) is 4.16. The van der Waals surface area contributed by atoms with Crippen LogP contribution in [-0.2, 0) is 9.53 Å². The average Bonchev–Trinajstić information content (AvgIpc) is 1.94. The Morgan fingerprint density at radius 3 is 2.20 bits per heavy atom. The number of aliphatic carboxylic acids is 1. The van der Waals surface area contributed by atoms with Gasteiger partial charge in [0.1, 0.15) is 5.60 Å². The Morgan fingerprint density at radius 2 is 1.87 bits per heavy atom. The maximum absolute atomic E-state index is 13.2. The van der Waals surface area contributed by atoms with E-state index in [0.717, 1.165) is 4.90 Å². The number of rotatable bonds is 1. The van der Waals surface area contributed by atoms with Crippen LogP contribution in [0.25, 0.3) is 0 Å². The van der Waals surface area contributed by atoms with Crippen LogP contribution in [0.4, 0.5) is 9.18 Å². The second-order valence-electron chi connectivity index (χ2n) is 4.61. The molecule has 86 valence electrons. The van der Waals surface area contributed by atoms with Crippen LogP contribution >= 0.6 is 0 Å². The Bertz CT molecular complexity index is 291. The topological polar surface area (TPSA) is 66.8 Å². The van der Waals surface area contributed by atoms with Crippen molar-refractivity contribution in [3.8, 4) is 0 Å². The molecule has 0 aromatic carbocycles. The van der Waals surface area contributed by atoms with Gasteiger partial charge >= 0.3 is 12.1 Å². The zero-order valence-electron chi connectivity index (χ0n) is 8.91. The lowest BCUT2D eigenvalue weighted by molar-refractivity contribution is -0.162. The number of ether oxygens (including phenoxy) is 1. The number of hydrogen-bond donors (Lipinski definition) is 1. The highest BCUT2D eigenvalue weighted by Gasteiger charge is 2.53. The van der Waals surface area contributed by atoms with Crippen LogP contribution in [0.1, 0.15) is 20.8 Å². The standard InChI is InChI=1S/C9H14FNO4/c1-8(2,3)15-7(14)11-4-9(10,5-11)6(12)13/h4-5H2,1-3H3,(H,12,13). The first-order chi connectivity index (χ1) is 6.64. The van der Waals surface area contributed by atoms with E-state index in [1.807, 2.05) is 0 Å². The van der Waals surface area contributed by atoms with Crippen molar-refractivity contribution in [3.05, 3.63) is 0 Å². The minimum Gasteiger partial charge on any atom is -0.479 e. The summed E-state index contributed by atoms with van der Waals surface area (Å²) < 4.78 is 18.2. The molecule has 0 aromatic rings. The number of halogens is 1. The van der Waals surface area contributed by atoms with E-state index < -0.39 is 36.4 Å². The van der Waals surface area contributed by atoms with Crippen LogP contribution in [0.15, 0.2) is 0 Å². The molecule has 1 fully saturated rings. The quantitative estimate of drug-likeness (QED) is 0.715. The predicted octanol–water partition coefficient (Wildman–Crippen LogP) is 1.03. The van der Waals surface area contributed by atoms with Crippen molar-refractivity contribution in [2.45, 2.75) is 32.0 Å². The Morgan fingerprint density at radius 1 is 1.40 bits per heavy atom. The third-order valence-corrected chi connectivity index (χ3v) is 1.92. The second-order valence-corrected chi connectivity index (χ2v) is 4.61. The fraction of sp³-hybridized carbons (Fsp3) is 0.778. The third-order valence-electron chi connectivity index (χ3n) is 1.92. The summed E-state index contributed by atoms with van der Waals surface area (Å²) in [6, 6.07) is 0. The molecule has 0 spiro atoms. The fourth-order valence-corrected chi connectivity index (χ4v) is 1.15. The molecule has 1 saturated heterocycles. The fourth-order valence-electron chi connectivity index (χ4n) is 1.15. The number of carbonyl (C=O) groups excluding carboxylic acids is 1. The van der Waals surface area contributed by atoms with E-state index in [9.17, 15) is 14.0 Å². The van der Waals surface area contributed by atoms with Gasteiger partial charge < -0.3 is 14.7 Å². The molecule has 0 saturated carbocycles. The Kier molecular flexibility index (Phi) is 2.63. The number of alkyl halides is 1. The van der Waals surface area contributed by atoms with Crippen LogP contribution < -0.4 is 0 Å². The van der Waals surface area contributed by atoms with Crippen molar-refractivity contribution in [2.24, 2.45) is 0 Å². The van der Waals surface area contributed by atoms with Gasteiger partial charge in [0, 0.05) is 0 Å². The van der Waals surface area contributed by atoms with E-state index in [2.05, 4.69) is 0 Å². The Labute approximate surface area is 86.8 Å². The predicted molar refractivity (Wildman–Crippen MR) is 49.3 cm³/mol. The zero-order chi connectivity index (χ0) is 11.9. The Balaban J connectivity index is 2.46. The van der Waals surface area contributed by atoms with E-state index in [1.54, 1.807) is 20.8 Å². The summed E-state index contributed by atoms with van der Waals surface area (Å²) in [7, 11) is 0. The van der Waals surface area contributed by atoms with E-state index in [4.69, 9.17) is 9.84 Å². The number of carboxylic acids is 1. The summed E-state index contributed by atoms with van der Waals surface area (Å²) in [6.07, 6.45) is -0.683. The van der Waals surface area contributed by atoms with Gasteiger partial charge in [-0.05, 0) is 20.8 Å². The van der Waals surface area contributed by atoms with Crippen molar-refractivity contribution >= 4 is 12.1 Å². The maximum Gasteiger partial charge on any atom is 0.410 e. The highest BCUT2D eigenvalue weighted by atomic mass is 19.1. The van der Waals surface area contributed by atoms with Gasteiger partial charge in [-0.2, -0.15) is 0 Å². The van der Waals surface area contributed by atoms with E-state index in [1.165, 1.54) is 0 Å². The van der Waals surface area contributed by atoms with Gasteiger partial charge in [-0.3, -0.25) is 0 Å². The highest BCUT2D eigenvalue weighted by molar-refractivity contribution is 5.83. The first-order valence-electron chi connectivity index (χ1n) is 4.54. The largest absolute Gasteiger partial charge is 0.479 e. The highest BCUT2D eigenvalue weighted by Crippen LogP contribution is 2.27. The minimum atomic E-state index is -2.31.